The van der Waals surface area contributed by atoms with Crippen molar-refractivity contribution in [2.75, 3.05) is 33.2 Å². The average Bonchev–Trinajstić information content (AvgIpc) is 3.08. The van der Waals surface area contributed by atoms with E-state index in [9.17, 15) is 13.6 Å². The van der Waals surface area contributed by atoms with Gasteiger partial charge in [0, 0.05) is 58.7 Å². The SMILES string of the molecule is CN(Cc1cc(F)cc(F)c1)C(=O)C1(N2CCNCC2)Cc2ccccc2C1. The summed E-state index contributed by atoms with van der Waals surface area (Å²) in [5, 5.41) is 3.35. The number of piperazine rings is 1. The molecule has 28 heavy (non-hydrogen) atoms. The van der Waals surface area contributed by atoms with Gasteiger partial charge in [0.05, 0.1) is 0 Å². The quantitative estimate of drug-likeness (QED) is 0.878. The van der Waals surface area contributed by atoms with Gasteiger partial charge in [0.1, 0.15) is 17.2 Å². The van der Waals surface area contributed by atoms with Crippen LogP contribution in [0.5, 0.6) is 0 Å². The van der Waals surface area contributed by atoms with Gasteiger partial charge in [0.2, 0.25) is 5.91 Å². The van der Waals surface area contributed by atoms with E-state index in [1.54, 1.807) is 11.9 Å². The fraction of sp³-hybridized carbons (Fsp3) is 0.409. The van der Waals surface area contributed by atoms with E-state index in [0.29, 0.717) is 18.4 Å². The Balaban J connectivity index is 1.62. The summed E-state index contributed by atoms with van der Waals surface area (Å²) < 4.78 is 27.1. The minimum absolute atomic E-state index is 0.00951. The Morgan fingerprint density at radius 3 is 2.21 bits per heavy atom. The maximum Gasteiger partial charge on any atom is 0.243 e. The van der Waals surface area contributed by atoms with Crippen molar-refractivity contribution < 1.29 is 13.6 Å². The van der Waals surface area contributed by atoms with Crippen molar-refractivity contribution in [1.82, 2.24) is 15.1 Å². The number of carbonyl (C=O) groups is 1. The van der Waals surface area contributed by atoms with Crippen molar-refractivity contribution in [3.05, 3.63) is 70.8 Å². The number of likely N-dealkylation sites (N-methyl/N-ethyl adjacent to an activating group) is 1. The van der Waals surface area contributed by atoms with Crippen molar-refractivity contribution in [2.45, 2.75) is 24.9 Å². The molecule has 0 bridgehead atoms. The summed E-state index contributed by atoms with van der Waals surface area (Å²) in [7, 11) is 1.72. The van der Waals surface area contributed by atoms with Crippen LogP contribution in [0.15, 0.2) is 42.5 Å². The van der Waals surface area contributed by atoms with Gasteiger partial charge in [-0.15, -0.1) is 0 Å². The molecular formula is C22H25F2N3O. The molecule has 0 radical (unpaired) electrons. The largest absolute Gasteiger partial charge is 0.340 e. The van der Waals surface area contributed by atoms with Crippen LogP contribution in [0.2, 0.25) is 0 Å². The lowest BCUT2D eigenvalue weighted by Gasteiger charge is -2.44. The van der Waals surface area contributed by atoms with Crippen LogP contribution in [-0.2, 0) is 24.2 Å². The number of nitrogens with zero attached hydrogens (tertiary/aromatic N) is 2. The van der Waals surface area contributed by atoms with Crippen molar-refractivity contribution in [3.63, 3.8) is 0 Å². The Labute approximate surface area is 164 Å². The average molecular weight is 385 g/mol. The van der Waals surface area contributed by atoms with Crippen LogP contribution in [0.4, 0.5) is 8.78 Å². The normalized spacial score (nSPS) is 18.7. The summed E-state index contributed by atoms with van der Waals surface area (Å²) in [5.74, 6) is -1.24. The van der Waals surface area contributed by atoms with Gasteiger partial charge in [-0.3, -0.25) is 9.69 Å². The highest BCUT2D eigenvalue weighted by Gasteiger charge is 2.49. The maximum atomic E-state index is 13.7. The molecule has 1 heterocycles. The fourth-order valence-corrected chi connectivity index (χ4v) is 4.60. The van der Waals surface area contributed by atoms with Gasteiger partial charge < -0.3 is 10.2 Å². The minimum atomic E-state index is -0.633. The van der Waals surface area contributed by atoms with Crippen LogP contribution in [-0.4, -0.2) is 54.5 Å². The van der Waals surface area contributed by atoms with Crippen LogP contribution >= 0.6 is 0 Å². The molecule has 1 aliphatic heterocycles. The molecule has 1 N–H and O–H groups in total. The summed E-state index contributed by atoms with van der Waals surface area (Å²) in [4.78, 5) is 17.6. The first-order valence-corrected chi connectivity index (χ1v) is 9.71. The van der Waals surface area contributed by atoms with Crippen LogP contribution in [0, 0.1) is 11.6 Å². The molecule has 2 aliphatic rings. The number of carbonyl (C=O) groups excluding carboxylic acids is 1. The zero-order valence-electron chi connectivity index (χ0n) is 16.0. The molecule has 1 fully saturated rings. The molecule has 1 aliphatic carbocycles. The number of amides is 1. The first-order valence-electron chi connectivity index (χ1n) is 9.71. The zero-order valence-corrected chi connectivity index (χ0v) is 16.0. The molecule has 1 amide bonds. The van der Waals surface area contributed by atoms with Crippen molar-refractivity contribution in [2.24, 2.45) is 0 Å². The second-order valence-corrected chi connectivity index (χ2v) is 7.83. The Bertz CT molecular complexity index is 835. The van der Waals surface area contributed by atoms with Gasteiger partial charge >= 0.3 is 0 Å². The zero-order chi connectivity index (χ0) is 19.7. The highest BCUT2D eigenvalue weighted by atomic mass is 19.1. The third-order valence-corrected chi connectivity index (χ3v) is 5.89. The number of nitrogens with one attached hydrogen (secondary N) is 1. The van der Waals surface area contributed by atoms with E-state index in [-0.39, 0.29) is 12.5 Å². The smallest absolute Gasteiger partial charge is 0.243 e. The van der Waals surface area contributed by atoms with E-state index in [4.69, 9.17) is 0 Å². The van der Waals surface area contributed by atoms with Gasteiger partial charge in [0.15, 0.2) is 0 Å². The molecular weight excluding hydrogens is 360 g/mol. The van der Waals surface area contributed by atoms with Crippen LogP contribution in [0.25, 0.3) is 0 Å². The van der Waals surface area contributed by atoms with E-state index in [1.807, 2.05) is 12.1 Å². The Morgan fingerprint density at radius 2 is 1.64 bits per heavy atom. The molecule has 1 saturated heterocycles. The van der Waals surface area contributed by atoms with E-state index in [2.05, 4.69) is 22.3 Å². The summed E-state index contributed by atoms with van der Waals surface area (Å²) in [6, 6.07) is 11.6. The molecule has 0 aromatic heterocycles. The first-order chi connectivity index (χ1) is 13.5. The maximum absolute atomic E-state index is 13.7. The Hall–Kier alpha value is -2.31. The van der Waals surface area contributed by atoms with Crippen molar-refractivity contribution in [1.29, 1.82) is 0 Å². The highest BCUT2D eigenvalue weighted by molar-refractivity contribution is 5.88. The second kappa shape index (κ2) is 7.60. The van der Waals surface area contributed by atoms with Crippen LogP contribution in [0.3, 0.4) is 0 Å². The van der Waals surface area contributed by atoms with Crippen molar-refractivity contribution in [3.8, 4) is 0 Å². The standard InChI is InChI=1S/C22H25F2N3O/c1-26(15-16-10-19(23)12-20(24)11-16)21(28)22(27-8-6-25-7-9-27)13-17-4-2-3-5-18(17)14-22/h2-5,10-12,25H,6-9,13-15H2,1H3. The van der Waals surface area contributed by atoms with Crippen LogP contribution in [0.1, 0.15) is 16.7 Å². The molecule has 2 aromatic carbocycles. The molecule has 0 unspecified atom stereocenters. The molecule has 6 heteroatoms. The van der Waals surface area contributed by atoms with Gasteiger partial charge in [-0.05, 0) is 28.8 Å². The highest BCUT2D eigenvalue weighted by Crippen LogP contribution is 2.36. The third kappa shape index (κ3) is 3.54. The van der Waals surface area contributed by atoms with E-state index >= 15 is 0 Å². The molecule has 4 nitrogen and oxygen atoms in total. The lowest BCUT2D eigenvalue weighted by molar-refractivity contribution is -0.144. The second-order valence-electron chi connectivity index (χ2n) is 7.83. The monoisotopic (exact) mass is 385 g/mol. The van der Waals surface area contributed by atoms with Gasteiger partial charge in [-0.1, -0.05) is 24.3 Å². The topological polar surface area (TPSA) is 35.6 Å². The Morgan fingerprint density at radius 1 is 1.07 bits per heavy atom. The number of benzene rings is 2. The van der Waals surface area contributed by atoms with E-state index < -0.39 is 17.2 Å². The minimum Gasteiger partial charge on any atom is -0.340 e. The fourth-order valence-electron chi connectivity index (χ4n) is 4.60. The molecule has 0 atom stereocenters. The van der Waals surface area contributed by atoms with Gasteiger partial charge in [0.25, 0.3) is 0 Å². The molecule has 0 spiro atoms. The van der Waals surface area contributed by atoms with E-state index in [1.165, 1.54) is 23.3 Å². The summed E-state index contributed by atoms with van der Waals surface area (Å²) in [6.07, 6.45) is 1.34. The van der Waals surface area contributed by atoms with Gasteiger partial charge in [-0.2, -0.15) is 0 Å². The lowest BCUT2D eigenvalue weighted by Crippen LogP contribution is -2.63. The first kappa shape index (κ1) is 19.0. The van der Waals surface area contributed by atoms with Crippen LogP contribution < -0.4 is 5.32 Å². The summed E-state index contributed by atoms with van der Waals surface area (Å²) >= 11 is 0. The molecule has 4 rings (SSSR count). The lowest BCUT2D eigenvalue weighted by atomic mass is 9.90. The summed E-state index contributed by atoms with van der Waals surface area (Å²) in [5.41, 5.74) is 2.24. The predicted molar refractivity (Wildman–Crippen MR) is 104 cm³/mol. The Kier molecular flexibility index (Phi) is 5.17. The molecule has 0 saturated carbocycles. The number of hydrogen-bond acceptors (Lipinski definition) is 3. The predicted octanol–water partition coefficient (Wildman–Crippen LogP) is 2.37. The number of rotatable bonds is 4. The number of halogens is 2. The molecule has 148 valence electrons. The third-order valence-electron chi connectivity index (χ3n) is 5.89. The van der Waals surface area contributed by atoms with Crippen molar-refractivity contribution >= 4 is 5.91 Å². The number of fused-ring (bicyclic) bond motifs is 1. The van der Waals surface area contributed by atoms with E-state index in [0.717, 1.165) is 32.2 Å². The summed E-state index contributed by atoms with van der Waals surface area (Å²) in [6.45, 7) is 3.50. The molecule has 2 aromatic rings. The number of hydrogen-bond donors (Lipinski definition) is 1. The van der Waals surface area contributed by atoms with Gasteiger partial charge in [-0.25, -0.2) is 8.78 Å².